The topological polar surface area (TPSA) is 17.1 Å². The predicted octanol–water partition coefficient (Wildman–Crippen LogP) is -2.83. The Morgan fingerprint density at radius 2 is 2.00 bits per heavy atom. The Hall–Kier alpha value is 0.916. The molecule has 1 nitrogen and oxygen atoms in total. The molecular formula is C3H5BrMgO. The molecule has 0 radical (unpaired) electrons. The zero-order valence-corrected chi connectivity index (χ0v) is 6.70. The minimum Gasteiger partial charge on any atom is -1.00 e. The first-order chi connectivity index (χ1) is 2.27. The van der Waals surface area contributed by atoms with Gasteiger partial charge >= 0.3 is 43.8 Å². The molecule has 0 aliphatic carbocycles. The van der Waals surface area contributed by atoms with Gasteiger partial charge in [0.25, 0.3) is 0 Å². The van der Waals surface area contributed by atoms with Crippen molar-refractivity contribution in [3.63, 3.8) is 0 Å². The Balaban J connectivity index is 0. The fourth-order valence-electron chi connectivity index (χ4n) is 0. The van der Waals surface area contributed by atoms with Crippen molar-refractivity contribution in [3.8, 4) is 0 Å². The van der Waals surface area contributed by atoms with Crippen LogP contribution in [0.1, 0.15) is 6.92 Å². The van der Waals surface area contributed by atoms with Gasteiger partial charge in [-0.1, -0.05) is 0 Å². The molecule has 0 aliphatic rings. The van der Waals surface area contributed by atoms with Crippen LogP contribution in [0, 0.1) is 0 Å². The number of Topliss-reactive ketones (excluding diaryl/α,β-unsaturated/α-hetero) is 1. The number of carbonyl (C=O) groups excluding carboxylic acids is 1. The summed E-state index contributed by atoms with van der Waals surface area (Å²) in [5.74, 6) is 0.267. The van der Waals surface area contributed by atoms with Gasteiger partial charge in [-0.3, -0.25) is 0 Å². The fourth-order valence-corrected chi connectivity index (χ4v) is 0. The molecule has 0 rings (SSSR count). The van der Waals surface area contributed by atoms with Crippen LogP contribution in [0.25, 0.3) is 0 Å². The van der Waals surface area contributed by atoms with Crippen LogP contribution in [0.4, 0.5) is 0 Å². The molecule has 0 aromatic rings. The zero-order chi connectivity index (χ0) is 4.28. The third-order valence-corrected chi connectivity index (χ3v) is 1.06. The summed E-state index contributed by atoms with van der Waals surface area (Å²) in [5, 5.41) is 0. The molecule has 0 fully saturated rings. The minimum absolute atomic E-state index is 0. The van der Waals surface area contributed by atoms with Crippen molar-refractivity contribution >= 4 is 27.5 Å². The summed E-state index contributed by atoms with van der Waals surface area (Å²) in [4.78, 5) is 9.82. The molecule has 0 bridgehead atoms. The summed E-state index contributed by atoms with van der Waals surface area (Å²) in [5.41, 5.74) is 0. The molecule has 0 N–H and O–H groups in total. The summed E-state index contributed by atoms with van der Waals surface area (Å²) >= 11 is 1.68. The van der Waals surface area contributed by atoms with E-state index in [2.05, 4.69) is 0 Å². The van der Waals surface area contributed by atoms with Crippen LogP contribution in [0.5, 0.6) is 0 Å². The van der Waals surface area contributed by atoms with Gasteiger partial charge in [-0.15, -0.1) is 0 Å². The van der Waals surface area contributed by atoms with Gasteiger partial charge in [-0.25, -0.2) is 0 Å². The molecule has 3 heteroatoms. The van der Waals surface area contributed by atoms with Gasteiger partial charge in [0.2, 0.25) is 0 Å². The van der Waals surface area contributed by atoms with Gasteiger partial charge in [0.15, 0.2) is 0 Å². The molecule has 0 unspecified atom stereocenters. The number of hydrogen-bond acceptors (Lipinski definition) is 1. The molecule has 0 aromatic heterocycles. The van der Waals surface area contributed by atoms with E-state index in [1.807, 2.05) is 0 Å². The van der Waals surface area contributed by atoms with Crippen LogP contribution in [0.3, 0.4) is 0 Å². The Kier molecular flexibility index (Phi) is 9.88. The second kappa shape index (κ2) is 5.92. The molecular weight excluding hydrogens is 156 g/mol. The van der Waals surface area contributed by atoms with Crippen molar-refractivity contribution in [1.29, 1.82) is 0 Å². The molecule has 0 saturated heterocycles. The van der Waals surface area contributed by atoms with Crippen molar-refractivity contribution in [1.82, 2.24) is 0 Å². The number of carbonyl (C=O) groups is 1. The van der Waals surface area contributed by atoms with Crippen LogP contribution in [0.15, 0.2) is 0 Å². The molecule has 0 spiro atoms. The van der Waals surface area contributed by atoms with Gasteiger partial charge in [-0.2, -0.15) is 0 Å². The van der Waals surface area contributed by atoms with Crippen molar-refractivity contribution in [2.45, 2.75) is 11.5 Å². The zero-order valence-electron chi connectivity index (χ0n) is 3.70. The van der Waals surface area contributed by atoms with Gasteiger partial charge in [-0.05, 0) is 0 Å². The summed E-state index contributed by atoms with van der Waals surface area (Å²) in [7, 11) is 0. The number of halogens is 1. The van der Waals surface area contributed by atoms with Crippen molar-refractivity contribution in [2.75, 3.05) is 0 Å². The van der Waals surface area contributed by atoms with E-state index in [1.165, 1.54) is 0 Å². The Bertz CT molecular complexity index is 46.1. The van der Waals surface area contributed by atoms with E-state index in [4.69, 9.17) is 0 Å². The average Bonchev–Trinajstić information content (AvgIpc) is 1.38. The fraction of sp³-hybridized carbons (Fsp3) is 0.667. The molecule has 0 saturated carbocycles. The van der Waals surface area contributed by atoms with Crippen LogP contribution in [-0.2, 0) is 4.79 Å². The van der Waals surface area contributed by atoms with E-state index in [-0.39, 0.29) is 22.8 Å². The Morgan fingerprint density at radius 3 is 2.00 bits per heavy atom. The molecule has 0 aliphatic heterocycles. The molecule has 0 atom stereocenters. The first-order valence-corrected chi connectivity index (χ1v) is 2.56. The quantitative estimate of drug-likeness (QED) is 0.379. The van der Waals surface area contributed by atoms with Crippen LogP contribution < -0.4 is 17.0 Å². The maximum absolute atomic E-state index is 9.82. The van der Waals surface area contributed by atoms with Crippen molar-refractivity contribution in [3.05, 3.63) is 0 Å². The maximum Gasteiger partial charge on any atom is -1.00 e. The largest absolute Gasteiger partial charge is 1.00 e. The average molecular weight is 161 g/mol. The first kappa shape index (κ1) is 10.0. The Morgan fingerprint density at radius 1 is 1.83 bits per heavy atom. The van der Waals surface area contributed by atoms with E-state index in [0.29, 0.717) is 4.55 Å². The third-order valence-electron chi connectivity index (χ3n) is 0.352. The van der Waals surface area contributed by atoms with E-state index >= 15 is 0 Å². The monoisotopic (exact) mass is 160 g/mol. The molecule has 0 aromatic carbocycles. The third kappa shape index (κ3) is 8.87. The second-order valence-electron chi connectivity index (χ2n) is 0.952. The summed E-state index contributed by atoms with van der Waals surface area (Å²) in [6, 6.07) is 0. The summed E-state index contributed by atoms with van der Waals surface area (Å²) in [6.45, 7) is 1.59. The van der Waals surface area contributed by atoms with Gasteiger partial charge in [0.05, 0.1) is 0 Å². The van der Waals surface area contributed by atoms with Gasteiger partial charge in [0, 0.05) is 0 Å². The number of rotatable bonds is 1. The molecule has 0 heterocycles. The predicted molar refractivity (Wildman–Crippen MR) is 21.2 cm³/mol. The van der Waals surface area contributed by atoms with Gasteiger partial charge < -0.3 is 17.0 Å². The molecule has 6 heavy (non-hydrogen) atoms. The van der Waals surface area contributed by atoms with E-state index in [1.54, 1.807) is 28.6 Å². The van der Waals surface area contributed by atoms with Crippen molar-refractivity contribution in [2.24, 2.45) is 0 Å². The van der Waals surface area contributed by atoms with E-state index < -0.39 is 0 Å². The minimum atomic E-state index is 0. The first-order valence-electron chi connectivity index (χ1n) is 1.56. The number of ketones is 1. The SMILES string of the molecule is CC(=O)[CH2][Mg+].[Br-]. The summed E-state index contributed by atoms with van der Waals surface area (Å²) in [6.07, 6.45) is 0. The maximum atomic E-state index is 9.82. The second-order valence-corrected chi connectivity index (χ2v) is 1.45. The number of hydrogen-bond donors (Lipinski definition) is 0. The summed E-state index contributed by atoms with van der Waals surface area (Å²) < 4.78 is 0.694. The van der Waals surface area contributed by atoms with Crippen LogP contribution in [-0.4, -0.2) is 27.5 Å². The Labute approximate surface area is 60.7 Å². The smallest absolute Gasteiger partial charge is 1.00 e. The van der Waals surface area contributed by atoms with Crippen molar-refractivity contribution < 1.29 is 21.8 Å². The van der Waals surface area contributed by atoms with Gasteiger partial charge in [0.1, 0.15) is 0 Å². The van der Waals surface area contributed by atoms with Crippen LogP contribution >= 0.6 is 0 Å². The molecule has 0 amide bonds. The molecule has 32 valence electrons. The van der Waals surface area contributed by atoms with Crippen LogP contribution in [0.2, 0.25) is 4.55 Å². The van der Waals surface area contributed by atoms with E-state index in [9.17, 15) is 4.79 Å². The normalized spacial score (nSPS) is 6.50. The van der Waals surface area contributed by atoms with E-state index in [0.717, 1.165) is 0 Å². The standard InChI is InChI=1S/C3H5O.BrH.Mg/c1-3(2)4;;/h1H2,2H3;1H;/q;;+1/p-1.